The zero-order valence-electron chi connectivity index (χ0n) is 63.7. The number of aliphatic hydroxyl groups excluding tert-OH is 1. The molecule has 6 atom stereocenters. The molecule has 0 aromatic heterocycles. The summed E-state index contributed by atoms with van der Waals surface area (Å²) in [6.45, 7) is 14.2. The van der Waals surface area contributed by atoms with Gasteiger partial charge in [-0.25, -0.2) is 9.13 Å². The molecule has 0 aliphatic rings. The van der Waals surface area contributed by atoms with Gasteiger partial charge in [0.15, 0.2) is 12.2 Å². The Labute approximate surface area is 594 Å². The van der Waals surface area contributed by atoms with Gasteiger partial charge in [0.1, 0.15) is 19.3 Å². The molecule has 0 heterocycles. The highest BCUT2D eigenvalue weighted by Gasteiger charge is 2.30. The Morgan fingerprint density at radius 1 is 0.289 bits per heavy atom. The molecule has 0 aliphatic heterocycles. The molecule has 0 aromatic carbocycles. The summed E-state index contributed by atoms with van der Waals surface area (Å²) in [5.74, 6) is 0.978. The number of phosphoric acid groups is 2. The van der Waals surface area contributed by atoms with Crippen molar-refractivity contribution in [3.63, 3.8) is 0 Å². The summed E-state index contributed by atoms with van der Waals surface area (Å²) >= 11 is 0. The van der Waals surface area contributed by atoms with Gasteiger partial charge in [-0.1, -0.05) is 344 Å². The molecule has 97 heavy (non-hydrogen) atoms. The van der Waals surface area contributed by atoms with Crippen LogP contribution in [0.3, 0.4) is 0 Å². The van der Waals surface area contributed by atoms with E-state index in [1.165, 1.54) is 193 Å². The number of rotatable bonds is 75. The average Bonchev–Trinajstić information content (AvgIpc) is 1.56. The summed E-state index contributed by atoms with van der Waals surface area (Å²) < 4.78 is 68.6. The fourth-order valence-electron chi connectivity index (χ4n) is 11.9. The van der Waals surface area contributed by atoms with E-state index in [1.807, 2.05) is 0 Å². The molecule has 0 radical (unpaired) electrons. The number of esters is 4. The Balaban J connectivity index is 5.26. The molecule has 17 nitrogen and oxygen atoms in total. The number of unbranched alkanes of at least 4 members (excludes halogenated alkanes) is 40. The topological polar surface area (TPSA) is 237 Å². The molecule has 0 saturated carbocycles. The van der Waals surface area contributed by atoms with Gasteiger partial charge >= 0.3 is 39.5 Å². The van der Waals surface area contributed by atoms with Crippen LogP contribution in [-0.4, -0.2) is 96.7 Å². The first-order valence-corrected chi connectivity index (χ1v) is 43.2. The monoisotopic (exact) mass is 1420 g/mol. The molecule has 0 aromatic rings. The fraction of sp³-hybridized carbons (Fsp3) is 0.949. The van der Waals surface area contributed by atoms with Gasteiger partial charge in [-0.15, -0.1) is 0 Å². The number of hydrogen-bond donors (Lipinski definition) is 3. The minimum absolute atomic E-state index is 0.106. The quantitative estimate of drug-likeness (QED) is 0.0222. The Morgan fingerprint density at radius 2 is 0.495 bits per heavy atom. The standard InChI is InChI=1S/C78H152O17P2/c1-9-71(8)57-49-41-33-25-21-22-26-34-42-50-58-75(80)88-64-73(94-77(82)60-52-44-35-27-19-15-11-10-13-17-23-30-38-46-54-68(2)3)66-92-96(84,85)90-62-72(79)63-91-97(86,87)93-67-74(65-89-76(81)59-51-43-37-29-32-40-48-56-70(6)7)95-78(83)61-53-45-36-28-20-16-12-14-18-24-31-39-47-55-69(4)5/h68-74,79H,9-67H2,1-8H3,(H,84,85)(H,86,87)/t71?,72?,73-,74-/m1/s1. The van der Waals surface area contributed by atoms with E-state index >= 15 is 0 Å². The number of hydrogen-bond acceptors (Lipinski definition) is 15. The molecule has 576 valence electrons. The maximum absolute atomic E-state index is 13.1. The van der Waals surface area contributed by atoms with Gasteiger partial charge in [0.25, 0.3) is 0 Å². The van der Waals surface area contributed by atoms with Crippen LogP contribution >= 0.6 is 15.6 Å². The van der Waals surface area contributed by atoms with Gasteiger partial charge in [-0.3, -0.25) is 37.3 Å². The van der Waals surface area contributed by atoms with Gasteiger partial charge in [0, 0.05) is 25.7 Å². The number of carbonyl (C=O) groups excluding carboxylic acids is 4. The summed E-state index contributed by atoms with van der Waals surface area (Å²) in [4.78, 5) is 72.9. The van der Waals surface area contributed by atoms with E-state index in [-0.39, 0.29) is 25.7 Å². The normalized spacial score (nSPS) is 14.4. The van der Waals surface area contributed by atoms with Gasteiger partial charge in [0.05, 0.1) is 26.4 Å². The molecule has 0 saturated heterocycles. The lowest BCUT2D eigenvalue weighted by Gasteiger charge is -2.21. The van der Waals surface area contributed by atoms with E-state index in [9.17, 15) is 43.2 Å². The van der Waals surface area contributed by atoms with E-state index in [4.69, 9.17) is 37.0 Å². The van der Waals surface area contributed by atoms with E-state index in [1.54, 1.807) is 0 Å². The Morgan fingerprint density at radius 3 is 0.732 bits per heavy atom. The minimum Gasteiger partial charge on any atom is -0.462 e. The van der Waals surface area contributed by atoms with Crippen LogP contribution in [0.1, 0.15) is 396 Å². The van der Waals surface area contributed by atoms with Crippen molar-refractivity contribution >= 4 is 39.5 Å². The highest BCUT2D eigenvalue weighted by Crippen LogP contribution is 2.45. The second-order valence-corrected chi connectivity index (χ2v) is 32.7. The molecular formula is C78H152O17P2. The molecule has 0 fully saturated rings. The molecule has 0 aliphatic carbocycles. The summed E-state index contributed by atoms with van der Waals surface area (Å²) in [6.07, 6.45) is 52.7. The van der Waals surface area contributed by atoms with Gasteiger partial charge in [-0.05, 0) is 49.4 Å². The fourth-order valence-corrected chi connectivity index (χ4v) is 13.5. The maximum atomic E-state index is 13.1. The van der Waals surface area contributed by atoms with Crippen molar-refractivity contribution in [1.29, 1.82) is 0 Å². The number of phosphoric ester groups is 2. The first-order chi connectivity index (χ1) is 46.6. The van der Waals surface area contributed by atoms with Crippen LogP contribution in [0.4, 0.5) is 0 Å². The predicted octanol–water partition coefficient (Wildman–Crippen LogP) is 22.8. The van der Waals surface area contributed by atoms with Gasteiger partial charge < -0.3 is 33.8 Å². The number of carbonyl (C=O) groups is 4. The smallest absolute Gasteiger partial charge is 0.462 e. The minimum atomic E-state index is -4.96. The molecule has 0 amide bonds. The predicted molar refractivity (Wildman–Crippen MR) is 395 cm³/mol. The molecule has 0 bridgehead atoms. The van der Waals surface area contributed by atoms with E-state index in [0.717, 1.165) is 114 Å². The van der Waals surface area contributed by atoms with Crippen molar-refractivity contribution in [2.75, 3.05) is 39.6 Å². The summed E-state index contributed by atoms with van der Waals surface area (Å²) in [5, 5.41) is 10.6. The second-order valence-electron chi connectivity index (χ2n) is 29.8. The van der Waals surface area contributed by atoms with Crippen LogP contribution in [0.25, 0.3) is 0 Å². The highest BCUT2D eigenvalue weighted by molar-refractivity contribution is 7.47. The zero-order valence-corrected chi connectivity index (χ0v) is 65.5. The van der Waals surface area contributed by atoms with Gasteiger partial charge in [0.2, 0.25) is 0 Å². The third-order valence-corrected chi connectivity index (χ3v) is 20.3. The number of ether oxygens (including phenoxy) is 4. The Kier molecular flexibility index (Phi) is 65.9. The largest absolute Gasteiger partial charge is 0.472 e. The lowest BCUT2D eigenvalue weighted by molar-refractivity contribution is -0.161. The van der Waals surface area contributed by atoms with Crippen LogP contribution in [0, 0.1) is 23.7 Å². The van der Waals surface area contributed by atoms with E-state index in [2.05, 4.69) is 55.4 Å². The van der Waals surface area contributed by atoms with Crippen LogP contribution in [0.2, 0.25) is 0 Å². The summed E-state index contributed by atoms with van der Waals surface area (Å²) in [5.41, 5.74) is 0. The summed E-state index contributed by atoms with van der Waals surface area (Å²) in [6, 6.07) is 0. The number of aliphatic hydroxyl groups is 1. The molecule has 0 spiro atoms. The van der Waals surface area contributed by atoms with E-state index < -0.39 is 97.5 Å². The molecular weight excluding hydrogens is 1270 g/mol. The van der Waals surface area contributed by atoms with Crippen molar-refractivity contribution < 1.29 is 80.2 Å². The van der Waals surface area contributed by atoms with Crippen LogP contribution in [0.5, 0.6) is 0 Å². The average molecular weight is 1420 g/mol. The maximum Gasteiger partial charge on any atom is 0.472 e. The van der Waals surface area contributed by atoms with Crippen LogP contribution < -0.4 is 0 Å². The first-order valence-electron chi connectivity index (χ1n) is 40.2. The van der Waals surface area contributed by atoms with Gasteiger partial charge in [-0.2, -0.15) is 0 Å². The zero-order chi connectivity index (χ0) is 71.7. The first kappa shape index (κ1) is 95.1. The summed E-state index contributed by atoms with van der Waals surface area (Å²) in [7, 11) is -9.92. The van der Waals surface area contributed by atoms with Crippen molar-refractivity contribution in [3.05, 3.63) is 0 Å². The van der Waals surface area contributed by atoms with E-state index in [0.29, 0.717) is 31.6 Å². The molecule has 3 N–H and O–H groups in total. The van der Waals surface area contributed by atoms with Crippen molar-refractivity contribution in [2.45, 2.75) is 414 Å². The SMILES string of the molecule is CCC(C)CCCCCCCCCCCCC(=O)OC[C@H](COP(=O)(O)OCC(O)COP(=O)(O)OC[C@@H](COC(=O)CCCCCCCCCC(C)C)OC(=O)CCCCCCCCCCCCCCCC(C)C)OC(=O)CCCCCCCCCCCCCCCCC(C)C. The van der Waals surface area contributed by atoms with Crippen molar-refractivity contribution in [3.8, 4) is 0 Å². The Bertz CT molecular complexity index is 1900. The molecule has 19 heteroatoms. The lowest BCUT2D eigenvalue weighted by Crippen LogP contribution is -2.30. The lowest BCUT2D eigenvalue weighted by atomic mass is 9.99. The van der Waals surface area contributed by atoms with Crippen LogP contribution in [0.15, 0.2) is 0 Å². The molecule has 0 rings (SSSR count). The molecule has 4 unspecified atom stereocenters. The second kappa shape index (κ2) is 67.2. The third-order valence-electron chi connectivity index (χ3n) is 18.4. The van der Waals surface area contributed by atoms with Crippen LogP contribution in [-0.2, 0) is 65.4 Å². The highest BCUT2D eigenvalue weighted by atomic mass is 31.2. The Hall–Kier alpha value is -1.94. The van der Waals surface area contributed by atoms with Crippen molar-refractivity contribution in [2.24, 2.45) is 23.7 Å². The van der Waals surface area contributed by atoms with Crippen molar-refractivity contribution in [1.82, 2.24) is 0 Å². The third kappa shape index (κ3) is 70.9.